The van der Waals surface area contributed by atoms with Crippen LogP contribution in [-0.4, -0.2) is 43.9 Å². The largest absolute Gasteiger partial charge is 0.419 e. The van der Waals surface area contributed by atoms with Crippen LogP contribution in [0.2, 0.25) is 15.1 Å². The average molecular weight is 557 g/mol. The topological polar surface area (TPSA) is 77.1 Å². The lowest BCUT2D eigenvalue weighted by Gasteiger charge is -2.26. The SMILES string of the molecule is Cc1c(-c2nnc([C@H]3C[C@H]3C(=O)N3CCCCC3)o2)nn(-c2ccc(Cl)cc2Cl)c1-c1ccc(Cl)cc1. The van der Waals surface area contributed by atoms with Crippen LogP contribution in [0, 0.1) is 12.8 Å². The van der Waals surface area contributed by atoms with E-state index in [0.717, 1.165) is 49.2 Å². The van der Waals surface area contributed by atoms with Gasteiger partial charge in [-0.2, -0.15) is 5.10 Å². The van der Waals surface area contributed by atoms with Crippen LogP contribution >= 0.6 is 34.8 Å². The first-order chi connectivity index (χ1) is 17.9. The van der Waals surface area contributed by atoms with E-state index in [1.165, 1.54) is 6.42 Å². The van der Waals surface area contributed by atoms with Crippen LogP contribution in [0.3, 0.4) is 0 Å². The number of benzene rings is 2. The van der Waals surface area contributed by atoms with E-state index in [1.807, 2.05) is 42.2 Å². The molecule has 37 heavy (non-hydrogen) atoms. The molecule has 0 radical (unpaired) electrons. The van der Waals surface area contributed by atoms with Crippen molar-refractivity contribution >= 4 is 40.7 Å². The Morgan fingerprint density at radius 1 is 0.973 bits per heavy atom. The van der Waals surface area contributed by atoms with Gasteiger partial charge in [-0.05, 0) is 62.9 Å². The normalized spacial score (nSPS) is 19.3. The molecule has 3 heterocycles. The van der Waals surface area contributed by atoms with Crippen molar-refractivity contribution in [3.63, 3.8) is 0 Å². The van der Waals surface area contributed by atoms with Crippen molar-refractivity contribution in [1.82, 2.24) is 24.9 Å². The monoisotopic (exact) mass is 555 g/mol. The second-order valence-electron chi connectivity index (χ2n) is 9.62. The van der Waals surface area contributed by atoms with Crippen molar-refractivity contribution in [2.45, 2.75) is 38.5 Å². The molecule has 0 unspecified atom stereocenters. The molecule has 2 aromatic heterocycles. The van der Waals surface area contributed by atoms with Crippen LogP contribution in [0.5, 0.6) is 0 Å². The number of carbonyl (C=O) groups excluding carboxylic acids is 1. The van der Waals surface area contributed by atoms with Crippen LogP contribution in [0.1, 0.15) is 43.1 Å². The molecule has 1 saturated heterocycles. The minimum absolute atomic E-state index is 0.0421. The average Bonchev–Trinajstić information content (AvgIpc) is 3.42. The van der Waals surface area contributed by atoms with Crippen molar-refractivity contribution < 1.29 is 9.21 Å². The Balaban J connectivity index is 1.35. The van der Waals surface area contributed by atoms with Crippen molar-refractivity contribution in [3.05, 3.63) is 69.0 Å². The lowest BCUT2D eigenvalue weighted by atomic mass is 10.1. The third kappa shape index (κ3) is 4.65. The summed E-state index contributed by atoms with van der Waals surface area (Å²) < 4.78 is 7.87. The Labute approximate surface area is 229 Å². The summed E-state index contributed by atoms with van der Waals surface area (Å²) in [6.45, 7) is 3.64. The summed E-state index contributed by atoms with van der Waals surface area (Å²) in [6, 6.07) is 12.8. The number of aromatic nitrogens is 4. The smallest absolute Gasteiger partial charge is 0.268 e. The molecule has 6 rings (SSSR count). The predicted octanol–water partition coefficient (Wildman–Crippen LogP) is 6.97. The third-order valence-electron chi connectivity index (χ3n) is 7.11. The Morgan fingerprint density at radius 3 is 2.43 bits per heavy atom. The summed E-state index contributed by atoms with van der Waals surface area (Å²) in [5.74, 6) is 0.869. The first-order valence-electron chi connectivity index (χ1n) is 12.3. The van der Waals surface area contributed by atoms with Gasteiger partial charge in [-0.3, -0.25) is 4.79 Å². The fourth-order valence-corrected chi connectivity index (χ4v) is 5.66. The summed E-state index contributed by atoms with van der Waals surface area (Å²) in [7, 11) is 0. The van der Waals surface area contributed by atoms with Gasteiger partial charge < -0.3 is 9.32 Å². The third-order valence-corrected chi connectivity index (χ3v) is 7.90. The minimum Gasteiger partial charge on any atom is -0.419 e. The Bertz CT molecular complexity index is 1470. The molecule has 0 bridgehead atoms. The summed E-state index contributed by atoms with van der Waals surface area (Å²) in [5.41, 5.74) is 3.79. The first-order valence-corrected chi connectivity index (χ1v) is 13.5. The molecule has 2 fully saturated rings. The highest BCUT2D eigenvalue weighted by Gasteiger charge is 2.49. The maximum absolute atomic E-state index is 12.9. The fraction of sp³-hybridized carbons (Fsp3) is 0.333. The zero-order chi connectivity index (χ0) is 25.7. The molecule has 10 heteroatoms. The van der Waals surface area contributed by atoms with E-state index >= 15 is 0 Å². The van der Waals surface area contributed by atoms with Gasteiger partial charge in [0.2, 0.25) is 11.8 Å². The number of hydrogen-bond donors (Lipinski definition) is 0. The number of amides is 1. The molecular formula is C27H24Cl3N5O2. The lowest BCUT2D eigenvalue weighted by molar-refractivity contribution is -0.133. The van der Waals surface area contributed by atoms with E-state index in [0.29, 0.717) is 38.2 Å². The molecule has 7 nitrogen and oxygen atoms in total. The molecule has 1 saturated carbocycles. The zero-order valence-electron chi connectivity index (χ0n) is 20.1. The summed E-state index contributed by atoms with van der Waals surface area (Å²) in [5, 5.41) is 15.1. The minimum atomic E-state index is -0.0810. The van der Waals surface area contributed by atoms with Gasteiger partial charge in [-0.15, -0.1) is 10.2 Å². The van der Waals surface area contributed by atoms with Crippen LogP contribution < -0.4 is 0 Å². The molecule has 190 valence electrons. The number of halogens is 3. The highest BCUT2D eigenvalue weighted by molar-refractivity contribution is 6.35. The van der Waals surface area contributed by atoms with E-state index in [4.69, 9.17) is 44.3 Å². The maximum Gasteiger partial charge on any atom is 0.268 e. The number of piperidine rings is 1. The quantitative estimate of drug-likeness (QED) is 0.265. The van der Waals surface area contributed by atoms with Crippen LogP contribution in [-0.2, 0) is 4.79 Å². The van der Waals surface area contributed by atoms with Crippen molar-refractivity contribution in [2.24, 2.45) is 5.92 Å². The number of likely N-dealkylation sites (tertiary alicyclic amines) is 1. The first kappa shape index (κ1) is 24.5. The van der Waals surface area contributed by atoms with Crippen LogP contribution in [0.15, 0.2) is 46.9 Å². The molecule has 0 N–H and O–H groups in total. The summed E-state index contributed by atoms with van der Waals surface area (Å²) in [4.78, 5) is 14.9. The van der Waals surface area contributed by atoms with Gasteiger partial charge in [0.05, 0.1) is 22.3 Å². The maximum atomic E-state index is 12.9. The summed E-state index contributed by atoms with van der Waals surface area (Å²) in [6.07, 6.45) is 4.07. The lowest BCUT2D eigenvalue weighted by Crippen LogP contribution is -2.36. The number of carbonyl (C=O) groups is 1. The molecule has 1 aliphatic carbocycles. The van der Waals surface area contributed by atoms with Crippen LogP contribution in [0.25, 0.3) is 28.5 Å². The standard InChI is InChI=1S/C27H24Cl3N5O2/c1-15-23(26-32-31-25(37-26)19-14-20(19)27(36)34-11-3-2-4-12-34)33-35(22-10-9-18(29)13-21(22)30)24(15)16-5-7-17(28)8-6-16/h5-10,13,19-20H,2-4,11-12,14H2,1H3/t19-,20+/m0/s1. The summed E-state index contributed by atoms with van der Waals surface area (Å²) >= 11 is 18.9. The van der Waals surface area contributed by atoms with Gasteiger partial charge in [0.15, 0.2) is 5.69 Å². The molecule has 2 aromatic carbocycles. The van der Waals surface area contributed by atoms with Gasteiger partial charge in [0, 0.05) is 40.2 Å². The Kier molecular flexibility index (Phi) is 6.47. The number of hydrogen-bond acceptors (Lipinski definition) is 5. The fourth-order valence-electron chi connectivity index (χ4n) is 5.04. The highest BCUT2D eigenvalue weighted by Crippen LogP contribution is 2.49. The van der Waals surface area contributed by atoms with Gasteiger partial charge in [0.1, 0.15) is 0 Å². The zero-order valence-corrected chi connectivity index (χ0v) is 22.4. The van der Waals surface area contributed by atoms with Gasteiger partial charge in [-0.1, -0.05) is 46.9 Å². The van der Waals surface area contributed by atoms with E-state index in [2.05, 4.69) is 10.2 Å². The Hall–Kier alpha value is -2.87. The highest BCUT2D eigenvalue weighted by atomic mass is 35.5. The van der Waals surface area contributed by atoms with Crippen molar-refractivity contribution in [2.75, 3.05) is 13.1 Å². The molecule has 2 atom stereocenters. The molecule has 2 aliphatic rings. The number of nitrogens with zero attached hydrogens (tertiary/aromatic N) is 5. The van der Waals surface area contributed by atoms with E-state index in [-0.39, 0.29) is 17.7 Å². The molecule has 0 spiro atoms. The van der Waals surface area contributed by atoms with Crippen LogP contribution in [0.4, 0.5) is 0 Å². The number of rotatable bonds is 5. The van der Waals surface area contributed by atoms with E-state index in [9.17, 15) is 4.79 Å². The van der Waals surface area contributed by atoms with Crippen molar-refractivity contribution in [3.8, 4) is 28.5 Å². The van der Waals surface area contributed by atoms with Gasteiger partial charge in [-0.25, -0.2) is 4.68 Å². The molecule has 1 amide bonds. The second-order valence-corrected chi connectivity index (χ2v) is 10.9. The van der Waals surface area contributed by atoms with Crippen molar-refractivity contribution in [1.29, 1.82) is 0 Å². The molecule has 4 aromatic rings. The second kappa shape index (κ2) is 9.78. The van der Waals surface area contributed by atoms with Gasteiger partial charge in [0.25, 0.3) is 5.89 Å². The van der Waals surface area contributed by atoms with E-state index in [1.54, 1.807) is 16.8 Å². The Morgan fingerprint density at radius 2 is 1.70 bits per heavy atom. The van der Waals surface area contributed by atoms with E-state index < -0.39 is 0 Å². The predicted molar refractivity (Wildman–Crippen MR) is 143 cm³/mol. The molecule has 1 aliphatic heterocycles. The molecular weight excluding hydrogens is 533 g/mol. The van der Waals surface area contributed by atoms with Gasteiger partial charge >= 0.3 is 0 Å².